The molecule has 0 aliphatic rings. The van der Waals surface area contributed by atoms with Crippen LogP contribution in [0, 0.1) is 5.82 Å². The molecule has 0 aliphatic heterocycles. The molecule has 0 amide bonds. The Labute approximate surface area is 102 Å². The zero-order valence-electron chi connectivity index (χ0n) is 9.67. The summed E-state index contributed by atoms with van der Waals surface area (Å²) in [6.45, 7) is 0.779. The van der Waals surface area contributed by atoms with E-state index < -0.39 is 5.82 Å². The van der Waals surface area contributed by atoms with Crippen LogP contribution < -0.4 is 5.56 Å². The second kappa shape index (κ2) is 5.70. The molecule has 2 rings (SSSR count). The van der Waals surface area contributed by atoms with Crippen molar-refractivity contribution < 1.29 is 14.2 Å². The van der Waals surface area contributed by atoms with Gasteiger partial charge in [0.25, 0.3) is 5.56 Å². The van der Waals surface area contributed by atoms with Gasteiger partial charge in [0, 0.05) is 0 Å². The first kappa shape index (κ1) is 12.7. The SMILES string of the molecule is O=c1c2cccc(F)c2ncn1CCOCCO. The van der Waals surface area contributed by atoms with E-state index >= 15 is 0 Å². The van der Waals surface area contributed by atoms with Crippen LogP contribution in [-0.2, 0) is 11.3 Å². The lowest BCUT2D eigenvalue weighted by Gasteiger charge is -2.07. The molecule has 18 heavy (non-hydrogen) atoms. The number of aliphatic hydroxyl groups is 1. The number of hydrogen-bond acceptors (Lipinski definition) is 4. The number of para-hydroxylation sites is 1. The number of halogens is 1. The first-order valence-corrected chi connectivity index (χ1v) is 5.56. The standard InChI is InChI=1S/C12H13FN2O3/c13-10-3-1-2-9-11(10)14-8-15(12(9)17)4-6-18-7-5-16/h1-3,8,16H,4-7H2. The number of fused-ring (bicyclic) bond motifs is 1. The highest BCUT2D eigenvalue weighted by Gasteiger charge is 2.07. The molecule has 6 heteroatoms. The van der Waals surface area contributed by atoms with E-state index in [1.54, 1.807) is 6.07 Å². The van der Waals surface area contributed by atoms with E-state index in [1.807, 2.05) is 0 Å². The third-order valence-corrected chi connectivity index (χ3v) is 2.52. The number of aliphatic hydroxyl groups excluding tert-OH is 1. The maximum Gasteiger partial charge on any atom is 0.261 e. The molecule has 0 saturated heterocycles. The maximum atomic E-state index is 13.4. The number of benzene rings is 1. The molecule has 96 valence electrons. The summed E-state index contributed by atoms with van der Waals surface area (Å²) in [6, 6.07) is 4.29. The van der Waals surface area contributed by atoms with Crippen molar-refractivity contribution in [1.82, 2.24) is 9.55 Å². The van der Waals surface area contributed by atoms with Gasteiger partial charge in [0.05, 0.1) is 38.1 Å². The summed E-state index contributed by atoms with van der Waals surface area (Å²) < 4.78 is 19.8. The Morgan fingerprint density at radius 1 is 1.39 bits per heavy atom. The second-order valence-electron chi connectivity index (χ2n) is 3.72. The van der Waals surface area contributed by atoms with E-state index in [4.69, 9.17) is 9.84 Å². The summed E-state index contributed by atoms with van der Waals surface area (Å²) in [5, 5.41) is 8.79. The lowest BCUT2D eigenvalue weighted by molar-refractivity contribution is 0.0865. The second-order valence-corrected chi connectivity index (χ2v) is 3.72. The molecule has 0 radical (unpaired) electrons. The molecule has 1 heterocycles. The van der Waals surface area contributed by atoms with Gasteiger partial charge in [-0.05, 0) is 12.1 Å². The normalized spacial score (nSPS) is 11.0. The van der Waals surface area contributed by atoms with Gasteiger partial charge in [0.15, 0.2) is 0 Å². The van der Waals surface area contributed by atoms with E-state index in [0.717, 1.165) is 0 Å². The van der Waals surface area contributed by atoms with E-state index in [0.29, 0.717) is 13.2 Å². The Morgan fingerprint density at radius 2 is 2.22 bits per heavy atom. The van der Waals surface area contributed by atoms with E-state index in [2.05, 4.69) is 4.98 Å². The molecule has 0 aliphatic carbocycles. The molecule has 2 aromatic rings. The lowest BCUT2D eigenvalue weighted by Crippen LogP contribution is -2.23. The third-order valence-electron chi connectivity index (χ3n) is 2.52. The number of rotatable bonds is 5. The molecule has 1 aromatic carbocycles. The Kier molecular flexibility index (Phi) is 4.01. The van der Waals surface area contributed by atoms with E-state index in [-0.39, 0.29) is 29.7 Å². The van der Waals surface area contributed by atoms with E-state index in [9.17, 15) is 9.18 Å². The van der Waals surface area contributed by atoms with Crippen molar-refractivity contribution in [2.24, 2.45) is 0 Å². The molecule has 0 saturated carbocycles. The van der Waals surface area contributed by atoms with Crippen LogP contribution in [0.1, 0.15) is 0 Å². The van der Waals surface area contributed by atoms with E-state index in [1.165, 1.54) is 23.0 Å². The third kappa shape index (κ3) is 2.55. The van der Waals surface area contributed by atoms with Crippen LogP contribution in [0.5, 0.6) is 0 Å². The van der Waals surface area contributed by atoms with Gasteiger partial charge < -0.3 is 9.84 Å². The molecular formula is C12H13FN2O3. The van der Waals surface area contributed by atoms with Crippen LogP contribution in [0.25, 0.3) is 10.9 Å². The summed E-state index contributed by atoms with van der Waals surface area (Å²) in [5.74, 6) is -0.506. The van der Waals surface area contributed by atoms with Gasteiger partial charge in [-0.25, -0.2) is 9.37 Å². The molecule has 1 aromatic heterocycles. The minimum Gasteiger partial charge on any atom is -0.394 e. The molecule has 0 atom stereocenters. The monoisotopic (exact) mass is 252 g/mol. The maximum absolute atomic E-state index is 13.4. The number of ether oxygens (including phenoxy) is 1. The van der Waals surface area contributed by atoms with Crippen LogP contribution in [0.2, 0.25) is 0 Å². The van der Waals surface area contributed by atoms with Crippen LogP contribution in [0.3, 0.4) is 0 Å². The average molecular weight is 252 g/mol. The summed E-state index contributed by atoms with van der Waals surface area (Å²) in [6.07, 6.45) is 1.30. The van der Waals surface area contributed by atoms with Crippen molar-refractivity contribution in [3.8, 4) is 0 Å². The summed E-state index contributed by atoms with van der Waals surface area (Å²) in [4.78, 5) is 15.9. The number of nitrogens with zero attached hydrogens (tertiary/aromatic N) is 2. The van der Waals surface area contributed by atoms with Gasteiger partial charge in [0.1, 0.15) is 11.3 Å². The van der Waals surface area contributed by atoms with Gasteiger partial charge in [-0.3, -0.25) is 9.36 Å². The fourth-order valence-electron chi connectivity index (χ4n) is 1.64. The van der Waals surface area contributed by atoms with Crippen molar-refractivity contribution in [3.05, 3.63) is 40.7 Å². The van der Waals surface area contributed by atoms with Crippen molar-refractivity contribution in [2.45, 2.75) is 6.54 Å². The van der Waals surface area contributed by atoms with Crippen LogP contribution in [-0.4, -0.2) is 34.5 Å². The fourth-order valence-corrected chi connectivity index (χ4v) is 1.64. The number of aromatic nitrogens is 2. The summed E-state index contributed by atoms with van der Waals surface area (Å²) >= 11 is 0. The topological polar surface area (TPSA) is 64.4 Å². The quantitative estimate of drug-likeness (QED) is 0.789. The zero-order chi connectivity index (χ0) is 13.0. The molecule has 0 unspecified atom stereocenters. The Bertz CT molecular complexity index is 597. The number of hydrogen-bond donors (Lipinski definition) is 1. The minimum atomic E-state index is -0.506. The fraction of sp³-hybridized carbons (Fsp3) is 0.333. The van der Waals surface area contributed by atoms with Crippen molar-refractivity contribution >= 4 is 10.9 Å². The zero-order valence-corrected chi connectivity index (χ0v) is 9.67. The van der Waals surface area contributed by atoms with Crippen LogP contribution in [0.4, 0.5) is 4.39 Å². The van der Waals surface area contributed by atoms with Crippen LogP contribution >= 0.6 is 0 Å². The largest absolute Gasteiger partial charge is 0.394 e. The van der Waals surface area contributed by atoms with Gasteiger partial charge in [-0.15, -0.1) is 0 Å². The lowest BCUT2D eigenvalue weighted by atomic mass is 10.2. The molecule has 0 spiro atoms. The predicted octanol–water partition coefficient (Wildman–Crippen LogP) is 0.544. The van der Waals surface area contributed by atoms with Gasteiger partial charge >= 0.3 is 0 Å². The van der Waals surface area contributed by atoms with Gasteiger partial charge in [0.2, 0.25) is 0 Å². The van der Waals surface area contributed by atoms with Crippen LogP contribution in [0.15, 0.2) is 29.3 Å². The molecule has 0 fully saturated rings. The minimum absolute atomic E-state index is 0.0594. The van der Waals surface area contributed by atoms with Gasteiger partial charge in [-0.1, -0.05) is 6.07 Å². The predicted molar refractivity (Wildman–Crippen MR) is 63.9 cm³/mol. The first-order chi connectivity index (χ1) is 8.74. The first-order valence-electron chi connectivity index (χ1n) is 5.56. The average Bonchev–Trinajstić information content (AvgIpc) is 2.38. The molecule has 5 nitrogen and oxygen atoms in total. The van der Waals surface area contributed by atoms with Crippen molar-refractivity contribution in [2.75, 3.05) is 19.8 Å². The van der Waals surface area contributed by atoms with Gasteiger partial charge in [-0.2, -0.15) is 0 Å². The highest BCUT2D eigenvalue weighted by molar-refractivity contribution is 5.77. The Morgan fingerprint density at radius 3 is 3.00 bits per heavy atom. The smallest absolute Gasteiger partial charge is 0.261 e. The van der Waals surface area contributed by atoms with Crippen molar-refractivity contribution in [3.63, 3.8) is 0 Å². The Hall–Kier alpha value is -1.79. The van der Waals surface area contributed by atoms with Crippen molar-refractivity contribution in [1.29, 1.82) is 0 Å². The Balaban J connectivity index is 2.26. The molecule has 0 bridgehead atoms. The summed E-state index contributed by atoms with van der Waals surface area (Å²) in [5.41, 5.74) is -0.220. The summed E-state index contributed by atoms with van der Waals surface area (Å²) in [7, 11) is 0. The highest BCUT2D eigenvalue weighted by atomic mass is 19.1. The molecule has 1 N–H and O–H groups in total. The molecular weight excluding hydrogens is 239 g/mol. The highest BCUT2D eigenvalue weighted by Crippen LogP contribution is 2.10.